The minimum atomic E-state index is 0.306. The third-order valence-corrected chi connectivity index (χ3v) is 3.22. The average Bonchev–Trinajstić information content (AvgIpc) is 2.43. The van der Waals surface area contributed by atoms with Gasteiger partial charge in [-0.05, 0) is 39.3 Å². The van der Waals surface area contributed by atoms with Crippen LogP contribution in [0.1, 0.15) is 51.1 Å². The number of unbranched alkanes of at least 4 members (excludes halogenated alkanes) is 3. The monoisotopic (exact) mass is 265 g/mol. The van der Waals surface area contributed by atoms with Crippen molar-refractivity contribution in [2.75, 3.05) is 19.8 Å². The van der Waals surface area contributed by atoms with Crippen LogP contribution in [-0.2, 0) is 0 Å². The van der Waals surface area contributed by atoms with E-state index in [0.29, 0.717) is 19.3 Å². The molecule has 1 unspecified atom stereocenters. The van der Waals surface area contributed by atoms with E-state index < -0.39 is 0 Å². The molecule has 0 radical (unpaired) electrons. The van der Waals surface area contributed by atoms with Crippen LogP contribution in [0.2, 0.25) is 0 Å². The van der Waals surface area contributed by atoms with Crippen molar-refractivity contribution in [3.05, 3.63) is 29.8 Å². The molecule has 0 aliphatic carbocycles. The van der Waals surface area contributed by atoms with Crippen LogP contribution in [0.5, 0.6) is 5.75 Å². The molecule has 0 aliphatic heterocycles. The molecule has 2 N–H and O–H groups in total. The van der Waals surface area contributed by atoms with E-state index in [2.05, 4.69) is 24.4 Å². The third kappa shape index (κ3) is 6.08. The Morgan fingerprint density at radius 2 is 1.89 bits per heavy atom. The second-order valence-electron chi connectivity index (χ2n) is 4.78. The summed E-state index contributed by atoms with van der Waals surface area (Å²) in [6.07, 6.45) is 4.36. The lowest BCUT2D eigenvalue weighted by Crippen LogP contribution is -2.20. The Morgan fingerprint density at radius 1 is 1.16 bits per heavy atom. The Kier molecular flexibility index (Phi) is 8.26. The Bertz CT molecular complexity index is 341. The maximum Gasteiger partial charge on any atom is 0.124 e. The second-order valence-corrected chi connectivity index (χ2v) is 4.78. The molecule has 0 aliphatic rings. The highest BCUT2D eigenvalue weighted by atomic mass is 16.5. The van der Waals surface area contributed by atoms with Crippen LogP contribution in [0.3, 0.4) is 0 Å². The van der Waals surface area contributed by atoms with E-state index in [4.69, 9.17) is 9.84 Å². The molecule has 0 saturated heterocycles. The number of nitrogens with one attached hydrogen (secondary N) is 1. The van der Waals surface area contributed by atoms with Gasteiger partial charge in [0.05, 0.1) is 6.61 Å². The highest BCUT2D eigenvalue weighted by Gasteiger charge is 2.09. The van der Waals surface area contributed by atoms with E-state index in [9.17, 15) is 0 Å². The van der Waals surface area contributed by atoms with Crippen molar-refractivity contribution in [2.24, 2.45) is 0 Å². The van der Waals surface area contributed by atoms with E-state index >= 15 is 0 Å². The molecule has 19 heavy (non-hydrogen) atoms. The molecular weight excluding hydrogens is 238 g/mol. The summed E-state index contributed by atoms with van der Waals surface area (Å²) in [5.41, 5.74) is 1.22. The lowest BCUT2D eigenvalue weighted by molar-refractivity contribution is 0.282. The van der Waals surface area contributed by atoms with Crippen molar-refractivity contribution in [3.8, 4) is 5.75 Å². The molecule has 1 atom stereocenters. The van der Waals surface area contributed by atoms with Crippen molar-refractivity contribution in [1.82, 2.24) is 5.32 Å². The van der Waals surface area contributed by atoms with Crippen molar-refractivity contribution in [3.63, 3.8) is 0 Å². The summed E-state index contributed by atoms with van der Waals surface area (Å²) in [7, 11) is 0. The van der Waals surface area contributed by atoms with Crippen LogP contribution in [0.4, 0.5) is 0 Å². The molecule has 1 aromatic carbocycles. The summed E-state index contributed by atoms with van der Waals surface area (Å²) in [4.78, 5) is 0. The SMILES string of the molecule is CCOc1ccccc1C(C)NCCCCCCO. The quantitative estimate of drug-likeness (QED) is 0.638. The molecule has 0 saturated carbocycles. The highest BCUT2D eigenvalue weighted by Crippen LogP contribution is 2.24. The van der Waals surface area contributed by atoms with E-state index in [1.807, 2.05) is 19.1 Å². The van der Waals surface area contributed by atoms with Gasteiger partial charge in [-0.3, -0.25) is 0 Å². The first-order chi connectivity index (χ1) is 9.29. The van der Waals surface area contributed by atoms with Gasteiger partial charge in [0, 0.05) is 18.2 Å². The van der Waals surface area contributed by atoms with Crippen LogP contribution in [0.15, 0.2) is 24.3 Å². The molecule has 3 nitrogen and oxygen atoms in total. The number of hydrogen-bond acceptors (Lipinski definition) is 3. The fraction of sp³-hybridized carbons (Fsp3) is 0.625. The van der Waals surface area contributed by atoms with Crippen LogP contribution in [-0.4, -0.2) is 24.9 Å². The number of hydrogen-bond donors (Lipinski definition) is 2. The molecule has 0 amide bonds. The van der Waals surface area contributed by atoms with Crippen molar-refractivity contribution in [1.29, 1.82) is 0 Å². The maximum absolute atomic E-state index is 8.71. The number of benzene rings is 1. The van der Waals surface area contributed by atoms with Gasteiger partial charge in [-0.1, -0.05) is 31.0 Å². The lowest BCUT2D eigenvalue weighted by Gasteiger charge is -2.18. The molecule has 0 spiro atoms. The van der Waals surface area contributed by atoms with Crippen LogP contribution >= 0.6 is 0 Å². The van der Waals surface area contributed by atoms with Gasteiger partial charge in [-0.25, -0.2) is 0 Å². The molecule has 1 rings (SSSR count). The molecule has 0 bridgehead atoms. The standard InChI is InChI=1S/C16H27NO2/c1-3-19-16-11-7-6-10-15(16)14(2)17-12-8-4-5-9-13-18/h6-7,10-11,14,17-18H,3-5,8-9,12-13H2,1-2H3. The lowest BCUT2D eigenvalue weighted by atomic mass is 10.1. The normalized spacial score (nSPS) is 12.4. The molecule has 3 heteroatoms. The summed E-state index contributed by atoms with van der Waals surface area (Å²) < 4.78 is 5.65. The summed E-state index contributed by atoms with van der Waals surface area (Å²) in [5.74, 6) is 0.977. The number of para-hydroxylation sites is 1. The number of rotatable bonds is 10. The zero-order valence-corrected chi connectivity index (χ0v) is 12.2. The predicted octanol–water partition coefficient (Wildman–Crippen LogP) is 3.29. The van der Waals surface area contributed by atoms with Crippen LogP contribution in [0, 0.1) is 0 Å². The summed E-state index contributed by atoms with van der Waals surface area (Å²) in [5, 5.41) is 12.2. The Balaban J connectivity index is 2.34. The number of ether oxygens (including phenoxy) is 1. The van der Waals surface area contributed by atoms with E-state index in [0.717, 1.165) is 31.6 Å². The number of aliphatic hydroxyl groups excluding tert-OH is 1. The van der Waals surface area contributed by atoms with Gasteiger partial charge in [0.25, 0.3) is 0 Å². The van der Waals surface area contributed by atoms with Crippen molar-refractivity contribution in [2.45, 2.75) is 45.6 Å². The fourth-order valence-corrected chi connectivity index (χ4v) is 2.14. The maximum atomic E-state index is 8.71. The van der Waals surface area contributed by atoms with Crippen LogP contribution < -0.4 is 10.1 Å². The molecule has 0 fully saturated rings. The zero-order chi connectivity index (χ0) is 13.9. The van der Waals surface area contributed by atoms with Gasteiger partial charge >= 0.3 is 0 Å². The highest BCUT2D eigenvalue weighted by molar-refractivity contribution is 5.35. The smallest absolute Gasteiger partial charge is 0.124 e. The topological polar surface area (TPSA) is 41.5 Å². The van der Waals surface area contributed by atoms with Crippen molar-refractivity contribution >= 4 is 0 Å². The first kappa shape index (κ1) is 16.0. The van der Waals surface area contributed by atoms with E-state index in [-0.39, 0.29) is 0 Å². The minimum Gasteiger partial charge on any atom is -0.494 e. The molecule has 108 valence electrons. The first-order valence-electron chi connectivity index (χ1n) is 7.35. The van der Waals surface area contributed by atoms with Gasteiger partial charge in [0.2, 0.25) is 0 Å². The summed E-state index contributed by atoms with van der Waals surface area (Å²) in [6.45, 7) is 6.20. The Hall–Kier alpha value is -1.06. The first-order valence-corrected chi connectivity index (χ1v) is 7.35. The zero-order valence-electron chi connectivity index (χ0n) is 12.2. The summed E-state index contributed by atoms with van der Waals surface area (Å²) >= 11 is 0. The Morgan fingerprint density at radius 3 is 2.63 bits per heavy atom. The molecule has 0 heterocycles. The van der Waals surface area contributed by atoms with E-state index in [1.165, 1.54) is 12.0 Å². The van der Waals surface area contributed by atoms with Gasteiger partial charge in [0.15, 0.2) is 0 Å². The largest absolute Gasteiger partial charge is 0.494 e. The van der Waals surface area contributed by atoms with Gasteiger partial charge in [-0.15, -0.1) is 0 Å². The molecular formula is C16H27NO2. The third-order valence-electron chi connectivity index (χ3n) is 3.22. The molecule has 1 aromatic rings. The fourth-order valence-electron chi connectivity index (χ4n) is 2.14. The summed E-state index contributed by atoms with van der Waals surface area (Å²) in [6, 6.07) is 8.51. The van der Waals surface area contributed by atoms with Gasteiger partial charge in [-0.2, -0.15) is 0 Å². The number of aliphatic hydroxyl groups is 1. The van der Waals surface area contributed by atoms with E-state index in [1.54, 1.807) is 0 Å². The second kappa shape index (κ2) is 9.82. The minimum absolute atomic E-state index is 0.306. The average molecular weight is 265 g/mol. The molecule has 0 aromatic heterocycles. The van der Waals surface area contributed by atoms with Crippen molar-refractivity contribution < 1.29 is 9.84 Å². The Labute approximate surface area is 117 Å². The van der Waals surface area contributed by atoms with Gasteiger partial charge in [0.1, 0.15) is 5.75 Å². The van der Waals surface area contributed by atoms with Gasteiger partial charge < -0.3 is 15.2 Å². The van der Waals surface area contributed by atoms with Crippen LogP contribution in [0.25, 0.3) is 0 Å². The predicted molar refractivity (Wildman–Crippen MR) is 79.6 cm³/mol.